The van der Waals surface area contributed by atoms with Crippen LogP contribution in [-0.4, -0.2) is 46.4 Å². The summed E-state index contributed by atoms with van der Waals surface area (Å²) < 4.78 is 0. The molecular weight excluding hydrogens is 338 g/mol. The van der Waals surface area contributed by atoms with Crippen molar-refractivity contribution in [2.75, 3.05) is 6.54 Å². The van der Waals surface area contributed by atoms with Crippen LogP contribution in [0.15, 0.2) is 24.3 Å². The van der Waals surface area contributed by atoms with Crippen LogP contribution in [-0.2, 0) is 15.1 Å². The van der Waals surface area contributed by atoms with Crippen molar-refractivity contribution in [1.82, 2.24) is 15.5 Å². The van der Waals surface area contributed by atoms with E-state index in [4.69, 9.17) is 0 Å². The van der Waals surface area contributed by atoms with Crippen molar-refractivity contribution in [2.24, 2.45) is 5.92 Å². The van der Waals surface area contributed by atoms with Gasteiger partial charge in [0.25, 0.3) is 11.8 Å². The molecule has 3 N–H and O–H groups in total. The van der Waals surface area contributed by atoms with Crippen molar-refractivity contribution in [3.05, 3.63) is 35.4 Å². The molecule has 1 aromatic carbocycles. The number of nitrogens with zero attached hydrogens (tertiary/aromatic N) is 1. The summed E-state index contributed by atoms with van der Waals surface area (Å²) in [5, 5.41) is 14.0. The summed E-state index contributed by atoms with van der Waals surface area (Å²) in [6.45, 7) is 3.63. The molecule has 8 nitrogen and oxygen atoms in total. The molecular formula is C18H21N3O5. The van der Waals surface area contributed by atoms with Crippen LogP contribution in [0.3, 0.4) is 0 Å². The molecule has 3 unspecified atom stereocenters. The molecule has 4 amide bonds. The molecule has 0 aliphatic carbocycles. The zero-order valence-electron chi connectivity index (χ0n) is 14.6. The number of carbonyl (C=O) groups excluding carboxylic acids is 3. The minimum absolute atomic E-state index is 0.0631. The maximum Gasteiger partial charge on any atom is 0.322 e. The normalized spacial score (nSPS) is 28.5. The first-order chi connectivity index (χ1) is 12.2. The highest BCUT2D eigenvalue weighted by Gasteiger charge is 2.43. The van der Waals surface area contributed by atoms with Gasteiger partial charge in [-0.15, -0.1) is 0 Å². The highest BCUT2D eigenvalue weighted by Crippen LogP contribution is 2.27. The van der Waals surface area contributed by atoms with Gasteiger partial charge in [0.1, 0.15) is 5.54 Å². The number of hydrogen-bond acceptors (Lipinski definition) is 4. The van der Waals surface area contributed by atoms with E-state index in [1.807, 2.05) is 6.92 Å². The average molecular weight is 359 g/mol. The van der Waals surface area contributed by atoms with Crippen molar-refractivity contribution >= 4 is 23.8 Å². The third-order valence-electron chi connectivity index (χ3n) is 5.22. The molecule has 2 aliphatic rings. The molecule has 0 radical (unpaired) electrons. The number of aliphatic carboxylic acids is 1. The molecule has 2 aliphatic heterocycles. The number of piperidine rings is 1. The number of carbonyl (C=O) groups is 4. The number of carboxylic acid groups (broad SMARTS) is 1. The second-order valence-electron chi connectivity index (χ2n) is 7.03. The van der Waals surface area contributed by atoms with Gasteiger partial charge in [-0.1, -0.05) is 12.1 Å². The van der Waals surface area contributed by atoms with Gasteiger partial charge in [0, 0.05) is 18.2 Å². The summed E-state index contributed by atoms with van der Waals surface area (Å²) in [6.07, 6.45) is 1.17. The number of imide groups is 1. The monoisotopic (exact) mass is 359 g/mol. The van der Waals surface area contributed by atoms with Gasteiger partial charge >= 0.3 is 12.0 Å². The van der Waals surface area contributed by atoms with E-state index in [0.29, 0.717) is 24.0 Å². The van der Waals surface area contributed by atoms with Gasteiger partial charge in [0.2, 0.25) is 0 Å². The Morgan fingerprint density at radius 3 is 2.62 bits per heavy atom. The second kappa shape index (κ2) is 6.44. The van der Waals surface area contributed by atoms with E-state index in [1.165, 1.54) is 0 Å². The Morgan fingerprint density at radius 2 is 2.00 bits per heavy atom. The van der Waals surface area contributed by atoms with Gasteiger partial charge in [-0.2, -0.15) is 0 Å². The molecule has 1 aromatic rings. The van der Waals surface area contributed by atoms with Crippen molar-refractivity contribution in [1.29, 1.82) is 0 Å². The molecule has 0 spiro atoms. The first-order valence-corrected chi connectivity index (χ1v) is 8.50. The number of rotatable bonds is 3. The molecule has 26 heavy (non-hydrogen) atoms. The molecule has 0 saturated carbocycles. The fraction of sp³-hybridized carbons (Fsp3) is 0.444. The van der Waals surface area contributed by atoms with Crippen molar-refractivity contribution in [3.8, 4) is 0 Å². The summed E-state index contributed by atoms with van der Waals surface area (Å²) in [4.78, 5) is 49.4. The summed E-state index contributed by atoms with van der Waals surface area (Å²) in [5.74, 6) is -2.24. The Hall–Kier alpha value is -2.90. The molecule has 0 aromatic heterocycles. The van der Waals surface area contributed by atoms with Crippen LogP contribution in [0.5, 0.6) is 0 Å². The van der Waals surface area contributed by atoms with Gasteiger partial charge in [-0.3, -0.25) is 19.7 Å². The van der Waals surface area contributed by atoms with Gasteiger partial charge in [-0.05, 0) is 44.4 Å². The third-order valence-corrected chi connectivity index (χ3v) is 5.22. The summed E-state index contributed by atoms with van der Waals surface area (Å²) in [5.41, 5.74) is -0.397. The van der Waals surface area contributed by atoms with Crippen LogP contribution in [0.1, 0.15) is 42.6 Å². The molecule has 2 heterocycles. The van der Waals surface area contributed by atoms with Crippen molar-refractivity contribution in [2.45, 2.75) is 38.3 Å². The maximum atomic E-state index is 12.9. The Labute approximate surface area is 150 Å². The molecule has 3 rings (SSSR count). The van der Waals surface area contributed by atoms with Crippen LogP contribution in [0.4, 0.5) is 4.79 Å². The van der Waals surface area contributed by atoms with Gasteiger partial charge in [0.05, 0.1) is 5.92 Å². The Bertz CT molecular complexity index is 793. The number of carboxylic acids is 1. The summed E-state index contributed by atoms with van der Waals surface area (Å²) in [7, 11) is 0. The van der Waals surface area contributed by atoms with Crippen LogP contribution < -0.4 is 10.6 Å². The largest absolute Gasteiger partial charge is 0.481 e. The van der Waals surface area contributed by atoms with E-state index >= 15 is 0 Å². The number of benzene rings is 1. The first kappa shape index (κ1) is 17.9. The minimum atomic E-state index is -1.25. The lowest BCUT2D eigenvalue weighted by Crippen LogP contribution is -2.47. The van der Waals surface area contributed by atoms with E-state index in [1.54, 1.807) is 36.1 Å². The van der Waals surface area contributed by atoms with Gasteiger partial charge in [0.15, 0.2) is 0 Å². The predicted molar refractivity (Wildman–Crippen MR) is 91.3 cm³/mol. The van der Waals surface area contributed by atoms with Crippen molar-refractivity contribution < 1.29 is 24.3 Å². The summed E-state index contributed by atoms with van der Waals surface area (Å²) >= 11 is 0. The standard InChI is InChI=1S/C18H21N3O5/c1-10-6-7-12(15(23)24)9-21(10)14(22)11-4-3-5-13(8-11)18(2)16(25)19-17(26)20-18/h3-5,8,10,12H,6-7,9H2,1-2H3,(H,23,24)(H2,19,20,25,26). The molecule has 0 bridgehead atoms. The Morgan fingerprint density at radius 1 is 1.27 bits per heavy atom. The average Bonchev–Trinajstić information content (AvgIpc) is 2.87. The lowest BCUT2D eigenvalue weighted by atomic mass is 9.90. The Kier molecular flexibility index (Phi) is 4.43. The molecule has 2 fully saturated rings. The third kappa shape index (κ3) is 3.02. The van der Waals surface area contributed by atoms with Gasteiger partial charge < -0.3 is 15.3 Å². The first-order valence-electron chi connectivity index (χ1n) is 8.50. The topological polar surface area (TPSA) is 116 Å². The highest BCUT2D eigenvalue weighted by molar-refractivity contribution is 6.07. The highest BCUT2D eigenvalue weighted by atomic mass is 16.4. The number of amides is 4. The quantitative estimate of drug-likeness (QED) is 0.698. The maximum absolute atomic E-state index is 12.9. The lowest BCUT2D eigenvalue weighted by Gasteiger charge is -2.36. The molecule has 138 valence electrons. The fourth-order valence-corrected chi connectivity index (χ4v) is 3.47. The van der Waals surface area contributed by atoms with Crippen LogP contribution in [0.25, 0.3) is 0 Å². The Balaban J connectivity index is 1.88. The van der Waals surface area contributed by atoms with E-state index < -0.39 is 29.4 Å². The SMILES string of the molecule is CC1CCC(C(=O)O)CN1C(=O)c1cccc(C2(C)NC(=O)NC2=O)c1. The van der Waals surface area contributed by atoms with E-state index in [2.05, 4.69) is 10.6 Å². The van der Waals surface area contributed by atoms with Crippen molar-refractivity contribution in [3.63, 3.8) is 0 Å². The molecule has 2 saturated heterocycles. The zero-order valence-corrected chi connectivity index (χ0v) is 14.6. The van der Waals surface area contributed by atoms with Crippen LogP contribution in [0, 0.1) is 5.92 Å². The van der Waals surface area contributed by atoms with Crippen LogP contribution in [0.2, 0.25) is 0 Å². The smallest absolute Gasteiger partial charge is 0.322 e. The lowest BCUT2D eigenvalue weighted by molar-refractivity contribution is -0.143. The minimum Gasteiger partial charge on any atom is -0.481 e. The van der Waals surface area contributed by atoms with Gasteiger partial charge in [-0.25, -0.2) is 4.79 Å². The molecule has 3 atom stereocenters. The fourth-order valence-electron chi connectivity index (χ4n) is 3.47. The second-order valence-corrected chi connectivity index (χ2v) is 7.03. The predicted octanol–water partition coefficient (Wildman–Crippen LogP) is 1.07. The number of urea groups is 1. The zero-order chi connectivity index (χ0) is 19.1. The summed E-state index contributed by atoms with van der Waals surface area (Å²) in [6, 6.07) is 5.87. The molecule has 8 heteroatoms. The van der Waals surface area contributed by atoms with E-state index in [-0.39, 0.29) is 18.5 Å². The van der Waals surface area contributed by atoms with E-state index in [9.17, 15) is 24.3 Å². The van der Waals surface area contributed by atoms with E-state index in [0.717, 1.165) is 0 Å². The number of nitrogens with one attached hydrogen (secondary N) is 2. The number of likely N-dealkylation sites (tertiary alicyclic amines) is 1. The van der Waals surface area contributed by atoms with Crippen LogP contribution >= 0.6 is 0 Å². The number of hydrogen-bond donors (Lipinski definition) is 3.